The summed E-state index contributed by atoms with van der Waals surface area (Å²) in [4.78, 5) is 12.0. The number of rotatable bonds is 6. The lowest BCUT2D eigenvalue weighted by atomic mass is 10.1. The molecule has 0 aliphatic carbocycles. The predicted molar refractivity (Wildman–Crippen MR) is 86.4 cm³/mol. The summed E-state index contributed by atoms with van der Waals surface area (Å²) in [5, 5.41) is 3.48. The molecule has 0 saturated carbocycles. The van der Waals surface area contributed by atoms with Crippen molar-refractivity contribution in [1.82, 2.24) is 4.57 Å². The van der Waals surface area contributed by atoms with E-state index in [9.17, 15) is 4.79 Å². The highest BCUT2D eigenvalue weighted by molar-refractivity contribution is 6.30. The Morgan fingerprint density at radius 3 is 2.71 bits per heavy atom. The quantitative estimate of drug-likeness (QED) is 0.857. The molecule has 1 aromatic heterocycles. The van der Waals surface area contributed by atoms with Crippen LogP contribution >= 0.6 is 11.6 Å². The van der Waals surface area contributed by atoms with Gasteiger partial charge in [0.05, 0.1) is 0 Å². The van der Waals surface area contributed by atoms with Crippen LogP contribution in [-0.4, -0.2) is 10.5 Å². The number of carbonyl (C=O) groups excluding carboxylic acids is 1. The molecule has 1 heterocycles. The van der Waals surface area contributed by atoms with E-state index in [-0.39, 0.29) is 18.5 Å². The van der Waals surface area contributed by atoms with Gasteiger partial charge >= 0.3 is 0 Å². The molecule has 1 aromatic carbocycles. The van der Waals surface area contributed by atoms with Gasteiger partial charge in [0, 0.05) is 29.1 Å². The fraction of sp³-hybridized carbons (Fsp3) is 0.312. The van der Waals surface area contributed by atoms with E-state index in [0.717, 1.165) is 24.1 Å². The maximum atomic E-state index is 12.0. The summed E-state index contributed by atoms with van der Waals surface area (Å²) < 4.78 is 1.84. The molecular formula is C16H20ClN3O. The summed E-state index contributed by atoms with van der Waals surface area (Å²) in [5.41, 5.74) is 7.86. The Morgan fingerprint density at radius 1 is 1.33 bits per heavy atom. The largest absolute Gasteiger partial charge is 0.345 e. The Labute approximate surface area is 129 Å². The number of halogens is 1. The van der Waals surface area contributed by atoms with Crippen LogP contribution in [0, 0.1) is 0 Å². The third kappa shape index (κ3) is 4.62. The Hall–Kier alpha value is -1.78. The molecule has 0 radical (unpaired) electrons. The highest BCUT2D eigenvalue weighted by atomic mass is 35.5. The van der Waals surface area contributed by atoms with Gasteiger partial charge in [0.1, 0.15) is 6.54 Å². The van der Waals surface area contributed by atoms with Crippen LogP contribution in [0.5, 0.6) is 0 Å². The third-order valence-electron chi connectivity index (χ3n) is 3.26. The van der Waals surface area contributed by atoms with Crippen LogP contribution in [0.25, 0.3) is 0 Å². The van der Waals surface area contributed by atoms with Crippen LogP contribution in [0.3, 0.4) is 0 Å². The Bertz CT molecular complexity index is 592. The zero-order valence-corrected chi connectivity index (χ0v) is 12.8. The summed E-state index contributed by atoms with van der Waals surface area (Å²) in [6, 6.07) is 9.05. The zero-order valence-electron chi connectivity index (χ0n) is 12.1. The van der Waals surface area contributed by atoms with Crippen molar-refractivity contribution in [2.75, 3.05) is 5.32 Å². The summed E-state index contributed by atoms with van der Waals surface area (Å²) in [6.07, 6.45) is 5.80. The predicted octanol–water partition coefficient (Wildman–Crippen LogP) is 3.58. The number of hydrogen-bond donors (Lipinski definition) is 2. The Balaban J connectivity index is 1.92. The van der Waals surface area contributed by atoms with Gasteiger partial charge in [0.25, 0.3) is 0 Å². The van der Waals surface area contributed by atoms with Crippen molar-refractivity contribution in [1.29, 1.82) is 0 Å². The molecule has 1 amide bonds. The highest BCUT2D eigenvalue weighted by Gasteiger charge is 2.08. The van der Waals surface area contributed by atoms with Crippen LogP contribution < -0.4 is 11.1 Å². The molecule has 0 aliphatic heterocycles. The van der Waals surface area contributed by atoms with E-state index in [1.165, 1.54) is 0 Å². The van der Waals surface area contributed by atoms with Crippen LogP contribution in [0.4, 0.5) is 5.69 Å². The van der Waals surface area contributed by atoms with Crippen molar-refractivity contribution >= 4 is 23.2 Å². The van der Waals surface area contributed by atoms with Crippen molar-refractivity contribution in [3.05, 3.63) is 53.3 Å². The van der Waals surface area contributed by atoms with Gasteiger partial charge < -0.3 is 15.6 Å². The molecule has 112 valence electrons. The third-order valence-corrected chi connectivity index (χ3v) is 3.51. The lowest BCUT2D eigenvalue weighted by Gasteiger charge is -2.08. The van der Waals surface area contributed by atoms with Gasteiger partial charge in [-0.1, -0.05) is 24.9 Å². The summed E-state index contributed by atoms with van der Waals surface area (Å²) >= 11 is 5.81. The average Bonchev–Trinajstić information content (AvgIpc) is 2.90. The molecule has 2 rings (SSSR count). The topological polar surface area (TPSA) is 60.0 Å². The average molecular weight is 306 g/mol. The number of carbonyl (C=O) groups is 1. The first-order valence-electron chi connectivity index (χ1n) is 7.05. The number of hydrogen-bond acceptors (Lipinski definition) is 2. The maximum absolute atomic E-state index is 12.0. The minimum atomic E-state index is -0.0801. The first-order chi connectivity index (χ1) is 10.1. The van der Waals surface area contributed by atoms with E-state index in [1.807, 2.05) is 23.0 Å². The molecule has 1 atom stereocenters. The fourth-order valence-corrected chi connectivity index (χ4v) is 2.28. The minimum Gasteiger partial charge on any atom is -0.345 e. The summed E-state index contributed by atoms with van der Waals surface area (Å²) in [6.45, 7) is 2.37. The first-order valence-corrected chi connectivity index (χ1v) is 7.43. The van der Waals surface area contributed by atoms with Gasteiger partial charge in [0.15, 0.2) is 0 Å². The van der Waals surface area contributed by atoms with Crippen LogP contribution in [0.2, 0.25) is 5.02 Å². The minimum absolute atomic E-state index is 0.0376. The van der Waals surface area contributed by atoms with E-state index in [4.69, 9.17) is 17.3 Å². The maximum Gasteiger partial charge on any atom is 0.244 e. The molecule has 0 spiro atoms. The van der Waals surface area contributed by atoms with Gasteiger partial charge in [-0.3, -0.25) is 4.79 Å². The summed E-state index contributed by atoms with van der Waals surface area (Å²) in [7, 11) is 0. The highest BCUT2D eigenvalue weighted by Crippen LogP contribution is 2.16. The second-order valence-corrected chi connectivity index (χ2v) is 5.50. The summed E-state index contributed by atoms with van der Waals surface area (Å²) in [5.74, 6) is -0.0801. The number of nitrogens with zero attached hydrogens (tertiary/aromatic N) is 1. The lowest BCUT2D eigenvalue weighted by molar-refractivity contribution is -0.116. The molecule has 1 unspecified atom stereocenters. The van der Waals surface area contributed by atoms with E-state index in [2.05, 4.69) is 12.2 Å². The second kappa shape index (κ2) is 7.29. The normalized spacial score (nSPS) is 12.1. The van der Waals surface area contributed by atoms with Crippen molar-refractivity contribution in [3.8, 4) is 0 Å². The van der Waals surface area contributed by atoms with Crippen LogP contribution in [0.1, 0.15) is 31.4 Å². The number of nitrogens with two attached hydrogens (primary N) is 1. The molecule has 0 aliphatic rings. The number of anilines is 1. The molecule has 21 heavy (non-hydrogen) atoms. The zero-order chi connectivity index (χ0) is 15.2. The van der Waals surface area contributed by atoms with Gasteiger partial charge in [-0.15, -0.1) is 0 Å². The Morgan fingerprint density at radius 2 is 2.05 bits per heavy atom. The van der Waals surface area contributed by atoms with E-state index >= 15 is 0 Å². The van der Waals surface area contributed by atoms with Crippen molar-refractivity contribution in [3.63, 3.8) is 0 Å². The monoisotopic (exact) mass is 305 g/mol. The number of amides is 1. The first kappa shape index (κ1) is 15.6. The standard InChI is InChI=1S/C16H20ClN3O/c1-2-3-15(18)12-8-9-20(10-12)11-16(21)19-14-6-4-13(17)5-7-14/h4-10,15H,2-3,11,18H2,1H3,(H,19,21). The van der Waals surface area contributed by atoms with E-state index in [0.29, 0.717) is 5.02 Å². The van der Waals surface area contributed by atoms with Gasteiger partial charge in [0.2, 0.25) is 5.91 Å². The number of nitrogens with one attached hydrogen (secondary N) is 1. The molecule has 3 N–H and O–H groups in total. The smallest absolute Gasteiger partial charge is 0.244 e. The molecule has 0 bridgehead atoms. The van der Waals surface area contributed by atoms with E-state index in [1.54, 1.807) is 24.3 Å². The molecular weight excluding hydrogens is 286 g/mol. The van der Waals surface area contributed by atoms with E-state index < -0.39 is 0 Å². The van der Waals surface area contributed by atoms with Gasteiger partial charge in [-0.05, 0) is 42.3 Å². The number of aromatic nitrogens is 1. The van der Waals surface area contributed by atoms with Crippen LogP contribution in [-0.2, 0) is 11.3 Å². The SMILES string of the molecule is CCCC(N)c1ccn(CC(=O)Nc2ccc(Cl)cc2)c1. The fourth-order valence-electron chi connectivity index (χ4n) is 2.15. The second-order valence-electron chi connectivity index (χ2n) is 5.07. The molecule has 2 aromatic rings. The van der Waals surface area contributed by atoms with Gasteiger partial charge in [-0.2, -0.15) is 0 Å². The Kier molecular flexibility index (Phi) is 5.42. The molecule has 0 fully saturated rings. The van der Waals surface area contributed by atoms with Crippen molar-refractivity contribution < 1.29 is 4.79 Å². The molecule has 5 heteroatoms. The lowest BCUT2D eigenvalue weighted by Crippen LogP contribution is -2.18. The molecule has 0 saturated heterocycles. The van der Waals surface area contributed by atoms with Gasteiger partial charge in [-0.25, -0.2) is 0 Å². The number of benzene rings is 1. The molecule has 4 nitrogen and oxygen atoms in total. The van der Waals surface area contributed by atoms with Crippen molar-refractivity contribution in [2.45, 2.75) is 32.4 Å². The van der Waals surface area contributed by atoms with Crippen LogP contribution in [0.15, 0.2) is 42.7 Å². The van der Waals surface area contributed by atoms with Crippen molar-refractivity contribution in [2.24, 2.45) is 5.73 Å².